The Balaban J connectivity index is 2.41. The van der Waals surface area contributed by atoms with Crippen molar-refractivity contribution in [2.24, 2.45) is 5.92 Å². The summed E-state index contributed by atoms with van der Waals surface area (Å²) in [6, 6.07) is 0. The van der Waals surface area contributed by atoms with Crippen molar-refractivity contribution >= 4 is 5.91 Å². The standard InChI is InChI=1S/C13H24N4O/c1-5-16(4)13(18)9-17-8-12(15-10-17)7-14-6-11(2)3/h8,10-11,14H,5-7,9H2,1-4H3. The van der Waals surface area contributed by atoms with Crippen molar-refractivity contribution in [3.63, 3.8) is 0 Å². The summed E-state index contributed by atoms with van der Waals surface area (Å²) in [6.07, 6.45) is 3.64. The second kappa shape index (κ2) is 7.16. The third-order valence-corrected chi connectivity index (χ3v) is 2.76. The van der Waals surface area contributed by atoms with Crippen LogP contribution < -0.4 is 5.32 Å². The van der Waals surface area contributed by atoms with E-state index in [2.05, 4.69) is 24.1 Å². The number of hydrogen-bond donors (Lipinski definition) is 1. The number of nitrogens with one attached hydrogen (secondary N) is 1. The maximum atomic E-state index is 11.7. The van der Waals surface area contributed by atoms with Crippen LogP contribution in [0.1, 0.15) is 26.5 Å². The fourth-order valence-corrected chi connectivity index (χ4v) is 1.53. The van der Waals surface area contributed by atoms with Crippen LogP contribution in [0.2, 0.25) is 0 Å². The summed E-state index contributed by atoms with van der Waals surface area (Å²) < 4.78 is 1.83. The molecule has 1 heterocycles. The van der Waals surface area contributed by atoms with E-state index in [0.29, 0.717) is 12.5 Å². The van der Waals surface area contributed by atoms with Gasteiger partial charge >= 0.3 is 0 Å². The lowest BCUT2D eigenvalue weighted by Crippen LogP contribution is -2.29. The predicted octanol–water partition coefficient (Wildman–Crippen LogP) is 1.11. The minimum Gasteiger partial charge on any atom is -0.344 e. The Labute approximate surface area is 109 Å². The van der Waals surface area contributed by atoms with Gasteiger partial charge in [-0.1, -0.05) is 13.8 Å². The second-order valence-electron chi connectivity index (χ2n) is 4.97. The first kappa shape index (κ1) is 14.7. The Kier molecular flexibility index (Phi) is 5.85. The maximum Gasteiger partial charge on any atom is 0.242 e. The van der Waals surface area contributed by atoms with Gasteiger partial charge in [-0.25, -0.2) is 4.98 Å². The smallest absolute Gasteiger partial charge is 0.242 e. The van der Waals surface area contributed by atoms with Gasteiger partial charge in [0.05, 0.1) is 12.0 Å². The van der Waals surface area contributed by atoms with E-state index in [9.17, 15) is 4.79 Å². The molecule has 0 bridgehead atoms. The molecular formula is C13H24N4O. The average Bonchev–Trinajstić information content (AvgIpc) is 2.75. The molecule has 1 aromatic heterocycles. The van der Waals surface area contributed by atoms with E-state index >= 15 is 0 Å². The topological polar surface area (TPSA) is 50.2 Å². The number of amides is 1. The molecule has 0 fully saturated rings. The molecule has 0 unspecified atom stereocenters. The number of imidazole rings is 1. The zero-order chi connectivity index (χ0) is 13.5. The number of rotatable bonds is 7. The van der Waals surface area contributed by atoms with Crippen molar-refractivity contribution in [1.29, 1.82) is 0 Å². The van der Waals surface area contributed by atoms with Gasteiger partial charge in [0.2, 0.25) is 5.91 Å². The van der Waals surface area contributed by atoms with Crippen molar-refractivity contribution in [3.05, 3.63) is 18.2 Å². The van der Waals surface area contributed by atoms with Gasteiger partial charge in [-0.05, 0) is 19.4 Å². The lowest BCUT2D eigenvalue weighted by molar-refractivity contribution is -0.130. The molecule has 5 nitrogen and oxygen atoms in total. The Bertz CT molecular complexity index is 373. The van der Waals surface area contributed by atoms with Gasteiger partial charge in [-0.3, -0.25) is 4.79 Å². The van der Waals surface area contributed by atoms with Crippen LogP contribution in [-0.4, -0.2) is 40.5 Å². The Morgan fingerprint density at radius 3 is 2.89 bits per heavy atom. The summed E-state index contributed by atoms with van der Waals surface area (Å²) in [5, 5.41) is 3.33. The summed E-state index contributed by atoms with van der Waals surface area (Å²) in [6.45, 7) is 9.13. The summed E-state index contributed by atoms with van der Waals surface area (Å²) in [7, 11) is 1.81. The molecule has 0 aromatic carbocycles. The maximum absolute atomic E-state index is 11.7. The van der Waals surface area contributed by atoms with Gasteiger partial charge < -0.3 is 14.8 Å². The fraction of sp³-hybridized carbons (Fsp3) is 0.692. The molecule has 0 aliphatic carbocycles. The highest BCUT2D eigenvalue weighted by molar-refractivity contribution is 5.75. The van der Waals surface area contributed by atoms with Crippen LogP contribution in [0.25, 0.3) is 0 Å². The molecule has 0 aliphatic rings. The highest BCUT2D eigenvalue weighted by Gasteiger charge is 2.08. The first-order valence-corrected chi connectivity index (χ1v) is 6.48. The van der Waals surface area contributed by atoms with E-state index in [4.69, 9.17) is 0 Å². The van der Waals surface area contributed by atoms with Crippen LogP contribution in [0.4, 0.5) is 0 Å². The largest absolute Gasteiger partial charge is 0.344 e. The molecule has 102 valence electrons. The van der Waals surface area contributed by atoms with Crippen molar-refractivity contribution in [1.82, 2.24) is 19.8 Å². The SMILES string of the molecule is CCN(C)C(=O)Cn1cnc(CNCC(C)C)c1. The van der Waals surface area contributed by atoms with E-state index in [1.165, 1.54) is 0 Å². The molecule has 0 radical (unpaired) electrons. The first-order chi connectivity index (χ1) is 8.52. The van der Waals surface area contributed by atoms with Crippen molar-refractivity contribution < 1.29 is 4.79 Å². The van der Waals surface area contributed by atoms with Crippen LogP contribution >= 0.6 is 0 Å². The molecule has 5 heteroatoms. The lowest BCUT2D eigenvalue weighted by atomic mass is 10.2. The molecule has 1 N–H and O–H groups in total. The molecule has 1 rings (SSSR count). The van der Waals surface area contributed by atoms with Crippen molar-refractivity contribution in [2.75, 3.05) is 20.1 Å². The van der Waals surface area contributed by atoms with Gasteiger partial charge in [0, 0.05) is 26.3 Å². The normalized spacial score (nSPS) is 10.9. The summed E-state index contributed by atoms with van der Waals surface area (Å²) >= 11 is 0. The van der Waals surface area contributed by atoms with E-state index in [1.54, 1.807) is 11.2 Å². The van der Waals surface area contributed by atoms with Crippen LogP contribution in [0, 0.1) is 5.92 Å². The number of hydrogen-bond acceptors (Lipinski definition) is 3. The lowest BCUT2D eigenvalue weighted by Gasteiger charge is -2.14. The molecule has 18 heavy (non-hydrogen) atoms. The minimum absolute atomic E-state index is 0.108. The van der Waals surface area contributed by atoms with Crippen LogP contribution in [0.15, 0.2) is 12.5 Å². The monoisotopic (exact) mass is 252 g/mol. The predicted molar refractivity (Wildman–Crippen MR) is 72.1 cm³/mol. The Hall–Kier alpha value is -1.36. The van der Waals surface area contributed by atoms with E-state index in [0.717, 1.165) is 25.3 Å². The van der Waals surface area contributed by atoms with Gasteiger partial charge in [0.1, 0.15) is 6.54 Å². The number of carbonyl (C=O) groups excluding carboxylic acids is 1. The molecule has 0 atom stereocenters. The highest BCUT2D eigenvalue weighted by Crippen LogP contribution is 1.98. The van der Waals surface area contributed by atoms with E-state index in [-0.39, 0.29) is 5.91 Å². The Morgan fingerprint density at radius 2 is 2.28 bits per heavy atom. The van der Waals surface area contributed by atoms with E-state index in [1.807, 2.05) is 24.7 Å². The van der Waals surface area contributed by atoms with E-state index < -0.39 is 0 Å². The molecule has 0 saturated heterocycles. The fourth-order valence-electron chi connectivity index (χ4n) is 1.53. The minimum atomic E-state index is 0.108. The van der Waals surface area contributed by atoms with Crippen molar-refractivity contribution in [2.45, 2.75) is 33.9 Å². The summed E-state index contributed by atoms with van der Waals surface area (Å²) in [5.74, 6) is 0.739. The molecule has 0 saturated carbocycles. The Morgan fingerprint density at radius 1 is 1.56 bits per heavy atom. The molecular weight excluding hydrogens is 228 g/mol. The third kappa shape index (κ3) is 4.87. The van der Waals surface area contributed by atoms with Gasteiger partial charge in [-0.2, -0.15) is 0 Å². The molecule has 0 aliphatic heterocycles. The van der Waals surface area contributed by atoms with Crippen LogP contribution in [0.5, 0.6) is 0 Å². The summed E-state index contributed by atoms with van der Waals surface area (Å²) in [4.78, 5) is 17.7. The van der Waals surface area contributed by atoms with Crippen LogP contribution in [-0.2, 0) is 17.9 Å². The zero-order valence-corrected chi connectivity index (χ0v) is 11.8. The number of nitrogens with zero attached hydrogens (tertiary/aromatic N) is 3. The first-order valence-electron chi connectivity index (χ1n) is 6.48. The number of aromatic nitrogens is 2. The molecule has 0 spiro atoms. The average molecular weight is 252 g/mol. The number of carbonyl (C=O) groups is 1. The zero-order valence-electron chi connectivity index (χ0n) is 11.8. The highest BCUT2D eigenvalue weighted by atomic mass is 16.2. The number of likely N-dealkylation sites (N-methyl/N-ethyl adjacent to an activating group) is 1. The second-order valence-corrected chi connectivity index (χ2v) is 4.97. The molecule has 1 amide bonds. The quantitative estimate of drug-likeness (QED) is 0.791. The third-order valence-electron chi connectivity index (χ3n) is 2.76. The van der Waals surface area contributed by atoms with Gasteiger partial charge in [-0.15, -0.1) is 0 Å². The molecule has 1 aromatic rings. The van der Waals surface area contributed by atoms with Gasteiger partial charge in [0.15, 0.2) is 0 Å². The van der Waals surface area contributed by atoms with Crippen LogP contribution in [0.3, 0.4) is 0 Å². The van der Waals surface area contributed by atoms with Gasteiger partial charge in [0.25, 0.3) is 0 Å². The van der Waals surface area contributed by atoms with Crippen molar-refractivity contribution in [3.8, 4) is 0 Å². The summed E-state index contributed by atoms with van der Waals surface area (Å²) in [5.41, 5.74) is 0.975.